The highest BCUT2D eigenvalue weighted by molar-refractivity contribution is 5.89. The molecule has 1 aromatic carbocycles. The molecule has 22 heavy (non-hydrogen) atoms. The van der Waals surface area contributed by atoms with E-state index in [1.807, 2.05) is 32.0 Å². The maximum atomic E-state index is 11.9. The van der Waals surface area contributed by atoms with Crippen molar-refractivity contribution in [1.82, 2.24) is 5.32 Å². The monoisotopic (exact) mass is 306 g/mol. The van der Waals surface area contributed by atoms with Crippen LogP contribution in [-0.4, -0.2) is 30.4 Å². The number of amides is 2. The fraction of sp³-hybridized carbons (Fsp3) is 0.588. The van der Waals surface area contributed by atoms with Gasteiger partial charge in [0, 0.05) is 12.2 Å². The van der Waals surface area contributed by atoms with Crippen LogP contribution in [0.1, 0.15) is 38.2 Å². The van der Waals surface area contributed by atoms with E-state index >= 15 is 0 Å². The van der Waals surface area contributed by atoms with Crippen LogP contribution in [0.3, 0.4) is 0 Å². The van der Waals surface area contributed by atoms with Gasteiger partial charge in [0.2, 0.25) is 0 Å². The van der Waals surface area contributed by atoms with Crippen molar-refractivity contribution in [2.45, 2.75) is 45.6 Å². The Labute approximate surface area is 132 Å². The molecule has 2 atom stereocenters. The lowest BCUT2D eigenvalue weighted by molar-refractivity contribution is 0.101. The van der Waals surface area contributed by atoms with E-state index in [4.69, 9.17) is 4.74 Å². The fourth-order valence-electron chi connectivity index (χ4n) is 2.90. The van der Waals surface area contributed by atoms with Crippen LogP contribution in [0.25, 0.3) is 0 Å². The van der Waals surface area contributed by atoms with E-state index in [0.717, 1.165) is 42.7 Å². The number of nitrogens with one attached hydrogen (secondary N) is 2. The third kappa shape index (κ3) is 4.91. The lowest BCUT2D eigenvalue weighted by Crippen LogP contribution is -2.35. The van der Waals surface area contributed by atoms with E-state index in [2.05, 4.69) is 10.6 Å². The van der Waals surface area contributed by atoms with Gasteiger partial charge in [-0.05, 0) is 62.8 Å². The van der Waals surface area contributed by atoms with Gasteiger partial charge in [-0.25, -0.2) is 4.79 Å². The Morgan fingerprint density at radius 2 is 2.23 bits per heavy atom. The molecule has 0 radical (unpaired) electrons. The Bertz CT molecular complexity index is 505. The number of hydrogen-bond acceptors (Lipinski definition) is 3. The summed E-state index contributed by atoms with van der Waals surface area (Å²) in [5.41, 5.74) is 1.75. The highest BCUT2D eigenvalue weighted by Crippen LogP contribution is 2.24. The molecule has 1 saturated carbocycles. The Kier molecular flexibility index (Phi) is 6.07. The number of aliphatic hydroxyl groups excluding tert-OH is 1. The lowest BCUT2D eigenvalue weighted by Gasteiger charge is -2.25. The summed E-state index contributed by atoms with van der Waals surface area (Å²) in [6.45, 7) is 5.14. The third-order valence-corrected chi connectivity index (χ3v) is 4.04. The standard InChI is InChI=1S/C17H26N2O3/c1-3-22-16-8-7-14(9-12(16)2)19-17(21)18-11-13-5-4-6-15(20)10-13/h7-9,13,15,20H,3-6,10-11H2,1-2H3,(H2,18,19,21). The first-order chi connectivity index (χ1) is 10.6. The molecular weight excluding hydrogens is 280 g/mol. The van der Waals surface area contributed by atoms with E-state index in [0.29, 0.717) is 19.1 Å². The van der Waals surface area contributed by atoms with Crippen LogP contribution in [-0.2, 0) is 0 Å². The number of hydrogen-bond donors (Lipinski definition) is 3. The van der Waals surface area contributed by atoms with Crippen LogP contribution in [0.5, 0.6) is 5.75 Å². The van der Waals surface area contributed by atoms with Crippen LogP contribution >= 0.6 is 0 Å². The zero-order valence-corrected chi connectivity index (χ0v) is 13.4. The van der Waals surface area contributed by atoms with E-state index in [1.165, 1.54) is 0 Å². The molecule has 0 bridgehead atoms. The predicted molar refractivity (Wildman–Crippen MR) is 87.3 cm³/mol. The van der Waals surface area contributed by atoms with Gasteiger partial charge in [0.05, 0.1) is 12.7 Å². The summed E-state index contributed by atoms with van der Waals surface area (Å²) in [5, 5.41) is 15.4. The molecule has 5 nitrogen and oxygen atoms in total. The second-order valence-electron chi connectivity index (χ2n) is 5.93. The second kappa shape index (κ2) is 8.03. The number of carbonyl (C=O) groups is 1. The molecular formula is C17H26N2O3. The van der Waals surface area contributed by atoms with E-state index in [9.17, 15) is 9.90 Å². The van der Waals surface area contributed by atoms with Crippen molar-refractivity contribution in [1.29, 1.82) is 0 Å². The summed E-state index contributed by atoms with van der Waals surface area (Å²) in [4.78, 5) is 11.9. The van der Waals surface area contributed by atoms with Crippen molar-refractivity contribution in [2.75, 3.05) is 18.5 Å². The second-order valence-corrected chi connectivity index (χ2v) is 5.93. The number of carbonyl (C=O) groups excluding carboxylic acids is 1. The molecule has 1 aliphatic rings. The number of ether oxygens (including phenoxy) is 1. The van der Waals surface area contributed by atoms with Crippen molar-refractivity contribution < 1.29 is 14.6 Å². The van der Waals surface area contributed by atoms with Crippen LogP contribution in [0.4, 0.5) is 10.5 Å². The SMILES string of the molecule is CCOc1ccc(NC(=O)NCC2CCCC(O)C2)cc1C. The number of urea groups is 1. The van der Waals surface area contributed by atoms with Crippen LogP contribution < -0.4 is 15.4 Å². The number of benzene rings is 1. The van der Waals surface area contributed by atoms with Crippen LogP contribution in [0.2, 0.25) is 0 Å². The smallest absolute Gasteiger partial charge is 0.319 e. The van der Waals surface area contributed by atoms with Gasteiger partial charge in [-0.2, -0.15) is 0 Å². The molecule has 1 fully saturated rings. The van der Waals surface area contributed by atoms with E-state index in [-0.39, 0.29) is 12.1 Å². The summed E-state index contributed by atoms with van der Waals surface area (Å²) in [5.74, 6) is 1.21. The third-order valence-electron chi connectivity index (χ3n) is 4.04. The zero-order chi connectivity index (χ0) is 15.9. The van der Waals surface area contributed by atoms with Gasteiger partial charge in [-0.1, -0.05) is 6.42 Å². The highest BCUT2D eigenvalue weighted by Gasteiger charge is 2.20. The summed E-state index contributed by atoms with van der Waals surface area (Å²) < 4.78 is 5.48. The van der Waals surface area contributed by atoms with Gasteiger partial charge in [-0.15, -0.1) is 0 Å². The Hall–Kier alpha value is -1.75. The summed E-state index contributed by atoms with van der Waals surface area (Å²) in [7, 11) is 0. The molecule has 3 N–H and O–H groups in total. The molecule has 1 aromatic rings. The first-order valence-corrected chi connectivity index (χ1v) is 8.05. The number of aliphatic hydroxyl groups is 1. The molecule has 0 saturated heterocycles. The predicted octanol–water partition coefficient (Wildman–Crippen LogP) is 3.07. The molecule has 2 amide bonds. The average Bonchev–Trinajstić information content (AvgIpc) is 2.48. The molecule has 0 aliphatic heterocycles. The van der Waals surface area contributed by atoms with Gasteiger partial charge >= 0.3 is 6.03 Å². The minimum Gasteiger partial charge on any atom is -0.494 e. The van der Waals surface area contributed by atoms with Crippen LogP contribution in [0, 0.1) is 12.8 Å². The largest absolute Gasteiger partial charge is 0.494 e. The maximum absolute atomic E-state index is 11.9. The van der Waals surface area contributed by atoms with E-state index < -0.39 is 0 Å². The van der Waals surface area contributed by atoms with E-state index in [1.54, 1.807) is 0 Å². The Morgan fingerprint density at radius 3 is 2.91 bits per heavy atom. The molecule has 0 heterocycles. The molecule has 122 valence electrons. The Morgan fingerprint density at radius 1 is 1.41 bits per heavy atom. The van der Waals surface area contributed by atoms with Crippen molar-refractivity contribution in [2.24, 2.45) is 5.92 Å². The maximum Gasteiger partial charge on any atom is 0.319 e. The van der Waals surface area contributed by atoms with Gasteiger partial charge in [-0.3, -0.25) is 0 Å². The minimum absolute atomic E-state index is 0.205. The first kappa shape index (κ1) is 16.6. The van der Waals surface area contributed by atoms with Crippen molar-refractivity contribution in [3.8, 4) is 5.75 Å². The molecule has 0 aromatic heterocycles. The van der Waals surface area contributed by atoms with Gasteiger partial charge in [0.15, 0.2) is 0 Å². The number of anilines is 1. The van der Waals surface area contributed by atoms with Gasteiger partial charge < -0.3 is 20.5 Å². The fourth-order valence-corrected chi connectivity index (χ4v) is 2.90. The number of rotatable bonds is 5. The molecule has 1 aliphatic carbocycles. The normalized spacial score (nSPS) is 21.2. The highest BCUT2D eigenvalue weighted by atomic mass is 16.5. The molecule has 2 unspecified atom stereocenters. The number of aryl methyl sites for hydroxylation is 1. The first-order valence-electron chi connectivity index (χ1n) is 8.05. The molecule has 5 heteroatoms. The van der Waals surface area contributed by atoms with Crippen molar-refractivity contribution >= 4 is 11.7 Å². The minimum atomic E-state index is -0.211. The summed E-state index contributed by atoms with van der Waals surface area (Å²) in [6, 6.07) is 5.40. The van der Waals surface area contributed by atoms with Gasteiger partial charge in [0.1, 0.15) is 5.75 Å². The molecule has 2 rings (SSSR count). The van der Waals surface area contributed by atoms with Crippen molar-refractivity contribution in [3.63, 3.8) is 0 Å². The average molecular weight is 306 g/mol. The van der Waals surface area contributed by atoms with Gasteiger partial charge in [0.25, 0.3) is 0 Å². The summed E-state index contributed by atoms with van der Waals surface area (Å²) in [6.07, 6.45) is 3.56. The lowest BCUT2D eigenvalue weighted by atomic mass is 9.87. The van der Waals surface area contributed by atoms with Crippen LogP contribution in [0.15, 0.2) is 18.2 Å². The zero-order valence-electron chi connectivity index (χ0n) is 13.4. The topological polar surface area (TPSA) is 70.6 Å². The quantitative estimate of drug-likeness (QED) is 0.783. The summed E-state index contributed by atoms with van der Waals surface area (Å²) >= 11 is 0. The molecule has 0 spiro atoms. The Balaban J connectivity index is 1.80. The van der Waals surface area contributed by atoms with Crippen molar-refractivity contribution in [3.05, 3.63) is 23.8 Å².